The standard InChI is InChI=1S/C15H17ClN4O2/c1-19-8-11(7-17-19)20-5-4-13(15(20)22)18-14-6-10(9-21)2-3-12(14)16/h2-3,6-8,13,18,21H,4-5,9H2,1H3/t13-/m1/s1. The average Bonchev–Trinajstić information content (AvgIpc) is 3.08. The summed E-state index contributed by atoms with van der Waals surface area (Å²) in [7, 11) is 1.82. The van der Waals surface area contributed by atoms with Crippen LogP contribution in [0.5, 0.6) is 0 Å². The smallest absolute Gasteiger partial charge is 0.249 e. The first kappa shape index (κ1) is 14.9. The third-order valence-corrected chi connectivity index (χ3v) is 4.08. The molecule has 1 aromatic carbocycles. The fourth-order valence-corrected chi connectivity index (χ4v) is 2.76. The molecule has 2 N–H and O–H groups in total. The van der Waals surface area contributed by atoms with Crippen LogP contribution in [0.1, 0.15) is 12.0 Å². The Morgan fingerprint density at radius 1 is 1.50 bits per heavy atom. The Kier molecular flexibility index (Phi) is 4.04. The second-order valence-electron chi connectivity index (χ2n) is 5.32. The highest BCUT2D eigenvalue weighted by Gasteiger charge is 2.33. The van der Waals surface area contributed by atoms with Gasteiger partial charge in [-0.25, -0.2) is 0 Å². The number of aliphatic hydroxyl groups excluding tert-OH is 1. The van der Waals surface area contributed by atoms with Gasteiger partial charge in [0.25, 0.3) is 0 Å². The van der Waals surface area contributed by atoms with E-state index in [0.717, 1.165) is 11.3 Å². The predicted molar refractivity (Wildman–Crippen MR) is 85.0 cm³/mol. The Hall–Kier alpha value is -2.05. The normalized spacial score (nSPS) is 18.0. The summed E-state index contributed by atoms with van der Waals surface area (Å²) in [4.78, 5) is 14.2. The molecule has 1 fully saturated rings. The van der Waals surface area contributed by atoms with Crippen LogP contribution in [0.3, 0.4) is 0 Å². The second kappa shape index (κ2) is 5.98. The molecule has 1 aliphatic heterocycles. The molecule has 0 unspecified atom stereocenters. The Bertz CT molecular complexity index is 701. The molecule has 0 radical (unpaired) electrons. The molecule has 22 heavy (non-hydrogen) atoms. The summed E-state index contributed by atoms with van der Waals surface area (Å²) in [5.41, 5.74) is 2.22. The first-order valence-corrected chi connectivity index (χ1v) is 7.42. The minimum absolute atomic E-state index is 0.00142. The number of hydrogen-bond acceptors (Lipinski definition) is 4. The number of carbonyl (C=O) groups excluding carboxylic acids is 1. The van der Waals surface area contributed by atoms with E-state index in [2.05, 4.69) is 10.4 Å². The summed E-state index contributed by atoms with van der Waals surface area (Å²) in [5, 5.41) is 17.0. The highest BCUT2D eigenvalue weighted by molar-refractivity contribution is 6.33. The van der Waals surface area contributed by atoms with Crippen molar-refractivity contribution in [3.63, 3.8) is 0 Å². The zero-order valence-corrected chi connectivity index (χ0v) is 12.9. The lowest BCUT2D eigenvalue weighted by Crippen LogP contribution is -2.33. The van der Waals surface area contributed by atoms with Crippen molar-refractivity contribution in [3.8, 4) is 0 Å². The maximum atomic E-state index is 12.5. The van der Waals surface area contributed by atoms with Crippen LogP contribution in [0.25, 0.3) is 0 Å². The molecule has 2 aromatic rings. The maximum absolute atomic E-state index is 12.5. The SMILES string of the molecule is Cn1cc(N2CC[C@@H](Nc3cc(CO)ccc3Cl)C2=O)cn1. The molecule has 1 aliphatic rings. The second-order valence-corrected chi connectivity index (χ2v) is 5.73. The van der Waals surface area contributed by atoms with Crippen LogP contribution in [0.4, 0.5) is 11.4 Å². The Balaban J connectivity index is 1.76. The number of nitrogens with zero attached hydrogens (tertiary/aromatic N) is 3. The van der Waals surface area contributed by atoms with Crippen molar-refractivity contribution in [2.75, 3.05) is 16.8 Å². The van der Waals surface area contributed by atoms with Crippen molar-refractivity contribution in [2.24, 2.45) is 7.05 Å². The molecule has 3 rings (SSSR count). The third-order valence-electron chi connectivity index (χ3n) is 3.75. The summed E-state index contributed by atoms with van der Waals surface area (Å²) in [6.45, 7) is 0.575. The van der Waals surface area contributed by atoms with Crippen LogP contribution in [-0.4, -0.2) is 33.4 Å². The molecular weight excluding hydrogens is 304 g/mol. The van der Waals surface area contributed by atoms with Gasteiger partial charge in [0.15, 0.2) is 0 Å². The highest BCUT2D eigenvalue weighted by Crippen LogP contribution is 2.27. The van der Waals surface area contributed by atoms with Gasteiger partial charge in [-0.15, -0.1) is 0 Å². The number of nitrogens with one attached hydrogen (secondary N) is 1. The first-order valence-electron chi connectivity index (χ1n) is 7.04. The fourth-order valence-electron chi connectivity index (χ4n) is 2.59. The van der Waals surface area contributed by atoms with E-state index in [1.807, 2.05) is 13.2 Å². The Morgan fingerprint density at radius 3 is 3.00 bits per heavy atom. The molecule has 6 nitrogen and oxygen atoms in total. The average molecular weight is 321 g/mol. The van der Waals surface area contributed by atoms with Crippen molar-refractivity contribution >= 4 is 28.9 Å². The lowest BCUT2D eigenvalue weighted by atomic mass is 10.2. The van der Waals surface area contributed by atoms with Gasteiger partial charge in [-0.1, -0.05) is 17.7 Å². The van der Waals surface area contributed by atoms with E-state index < -0.39 is 0 Å². The number of aliphatic hydroxyl groups is 1. The molecule has 0 saturated carbocycles. The summed E-state index contributed by atoms with van der Waals surface area (Å²) < 4.78 is 1.67. The number of halogens is 1. The van der Waals surface area contributed by atoms with Crippen molar-refractivity contribution in [3.05, 3.63) is 41.2 Å². The lowest BCUT2D eigenvalue weighted by Gasteiger charge is -2.17. The van der Waals surface area contributed by atoms with E-state index in [0.29, 0.717) is 23.7 Å². The third kappa shape index (κ3) is 2.80. The van der Waals surface area contributed by atoms with Gasteiger partial charge in [0, 0.05) is 19.8 Å². The van der Waals surface area contributed by atoms with E-state index >= 15 is 0 Å². The molecule has 1 amide bonds. The monoisotopic (exact) mass is 320 g/mol. The Morgan fingerprint density at radius 2 is 2.32 bits per heavy atom. The van der Waals surface area contributed by atoms with Crippen LogP contribution < -0.4 is 10.2 Å². The number of amides is 1. The number of benzene rings is 1. The number of carbonyl (C=O) groups is 1. The first-order chi connectivity index (χ1) is 10.6. The molecule has 7 heteroatoms. The van der Waals surface area contributed by atoms with Gasteiger partial charge < -0.3 is 15.3 Å². The van der Waals surface area contributed by atoms with Crippen LogP contribution in [0, 0.1) is 0 Å². The van der Waals surface area contributed by atoms with Gasteiger partial charge in [-0.3, -0.25) is 9.48 Å². The number of aryl methyl sites for hydroxylation is 1. The number of anilines is 2. The van der Waals surface area contributed by atoms with Crippen molar-refractivity contribution < 1.29 is 9.90 Å². The van der Waals surface area contributed by atoms with Gasteiger partial charge in [0.1, 0.15) is 6.04 Å². The molecule has 0 aliphatic carbocycles. The molecule has 1 atom stereocenters. The van der Waals surface area contributed by atoms with Gasteiger partial charge >= 0.3 is 0 Å². The maximum Gasteiger partial charge on any atom is 0.249 e. The molecule has 116 valence electrons. The van der Waals surface area contributed by atoms with Crippen LogP contribution in [-0.2, 0) is 18.4 Å². The summed E-state index contributed by atoms with van der Waals surface area (Å²) >= 11 is 6.15. The quantitative estimate of drug-likeness (QED) is 0.901. The van der Waals surface area contributed by atoms with Gasteiger partial charge in [-0.05, 0) is 24.1 Å². The van der Waals surface area contributed by atoms with Crippen LogP contribution in [0.15, 0.2) is 30.6 Å². The lowest BCUT2D eigenvalue weighted by molar-refractivity contribution is -0.117. The molecule has 1 aromatic heterocycles. The molecule has 0 bridgehead atoms. The molecule has 0 spiro atoms. The molecule has 2 heterocycles. The minimum Gasteiger partial charge on any atom is -0.392 e. The summed E-state index contributed by atoms with van der Waals surface area (Å²) in [5.74, 6) is -0.00142. The summed E-state index contributed by atoms with van der Waals surface area (Å²) in [6.07, 6.45) is 4.19. The van der Waals surface area contributed by atoms with Crippen molar-refractivity contribution in [1.29, 1.82) is 0 Å². The number of hydrogen-bond donors (Lipinski definition) is 2. The fraction of sp³-hybridized carbons (Fsp3) is 0.333. The summed E-state index contributed by atoms with van der Waals surface area (Å²) in [6, 6.07) is 4.91. The predicted octanol–water partition coefficient (Wildman–Crippen LogP) is 1.78. The van der Waals surface area contributed by atoms with Crippen LogP contribution in [0.2, 0.25) is 5.02 Å². The van der Waals surface area contributed by atoms with E-state index in [9.17, 15) is 9.90 Å². The van der Waals surface area contributed by atoms with Gasteiger partial charge in [0.05, 0.1) is 29.2 Å². The molecular formula is C15H17ClN4O2. The van der Waals surface area contributed by atoms with E-state index in [1.54, 1.807) is 34.0 Å². The van der Waals surface area contributed by atoms with Gasteiger partial charge in [0.2, 0.25) is 5.91 Å². The van der Waals surface area contributed by atoms with Crippen LogP contribution >= 0.6 is 11.6 Å². The topological polar surface area (TPSA) is 70.4 Å². The largest absolute Gasteiger partial charge is 0.392 e. The number of rotatable bonds is 4. The van der Waals surface area contributed by atoms with Gasteiger partial charge in [-0.2, -0.15) is 5.10 Å². The number of aromatic nitrogens is 2. The van der Waals surface area contributed by atoms with E-state index in [4.69, 9.17) is 11.6 Å². The van der Waals surface area contributed by atoms with Crippen molar-refractivity contribution in [2.45, 2.75) is 19.1 Å². The van der Waals surface area contributed by atoms with E-state index in [-0.39, 0.29) is 18.6 Å². The zero-order valence-electron chi connectivity index (χ0n) is 12.2. The highest BCUT2D eigenvalue weighted by atomic mass is 35.5. The molecule has 1 saturated heterocycles. The Labute approximate surface area is 133 Å². The zero-order chi connectivity index (χ0) is 15.7. The van der Waals surface area contributed by atoms with E-state index in [1.165, 1.54) is 0 Å². The van der Waals surface area contributed by atoms with Crippen molar-refractivity contribution in [1.82, 2.24) is 9.78 Å². The minimum atomic E-state index is -0.327.